The van der Waals surface area contributed by atoms with E-state index in [1.54, 1.807) is 13.8 Å². The molecule has 0 bridgehead atoms. The molecule has 1 aromatic heterocycles. The van der Waals surface area contributed by atoms with E-state index in [0.29, 0.717) is 11.5 Å². The lowest BCUT2D eigenvalue weighted by atomic mass is 10.1. The van der Waals surface area contributed by atoms with Gasteiger partial charge in [-0.2, -0.15) is 22.5 Å². The van der Waals surface area contributed by atoms with E-state index in [1.165, 1.54) is 0 Å². The first-order valence-corrected chi connectivity index (χ1v) is 5.40. The van der Waals surface area contributed by atoms with E-state index >= 15 is 0 Å². The Hall–Kier alpha value is -0.890. The summed E-state index contributed by atoms with van der Waals surface area (Å²) < 4.78 is 39.7. The van der Waals surface area contributed by atoms with Gasteiger partial charge in [-0.1, -0.05) is 6.92 Å². The van der Waals surface area contributed by atoms with Crippen LogP contribution in [0.1, 0.15) is 19.7 Å². The summed E-state index contributed by atoms with van der Waals surface area (Å²) in [5.41, 5.74) is 0. The Morgan fingerprint density at radius 1 is 1.44 bits per heavy atom. The van der Waals surface area contributed by atoms with Crippen molar-refractivity contribution in [1.82, 2.24) is 9.36 Å². The molecule has 4 nitrogen and oxygen atoms in total. The van der Waals surface area contributed by atoms with Crippen LogP contribution in [-0.4, -0.2) is 27.1 Å². The van der Waals surface area contributed by atoms with Crippen molar-refractivity contribution in [3.8, 4) is 0 Å². The molecule has 2 atom stereocenters. The highest BCUT2D eigenvalue weighted by Gasteiger charge is 2.36. The van der Waals surface area contributed by atoms with Crippen LogP contribution in [0.25, 0.3) is 0 Å². The van der Waals surface area contributed by atoms with Gasteiger partial charge in [0.15, 0.2) is 0 Å². The van der Waals surface area contributed by atoms with Crippen LogP contribution < -0.4 is 5.32 Å². The van der Waals surface area contributed by atoms with E-state index in [2.05, 4.69) is 14.7 Å². The van der Waals surface area contributed by atoms with Crippen LogP contribution in [0.5, 0.6) is 0 Å². The van der Waals surface area contributed by atoms with Crippen molar-refractivity contribution in [2.45, 2.75) is 26.1 Å². The molecule has 0 amide bonds. The summed E-state index contributed by atoms with van der Waals surface area (Å²) in [5, 5.41) is 11.7. The first-order chi connectivity index (χ1) is 7.34. The number of hydrogen-bond donors (Lipinski definition) is 2. The normalized spacial score (nSPS) is 15.9. The van der Waals surface area contributed by atoms with Crippen molar-refractivity contribution >= 4 is 16.7 Å². The third-order valence-corrected chi connectivity index (χ3v) is 2.82. The fourth-order valence-corrected chi connectivity index (χ4v) is 1.58. The molecule has 2 N–H and O–H groups in total. The second-order valence-corrected chi connectivity index (χ2v) is 4.27. The molecule has 0 radical (unpaired) electrons. The molecule has 0 spiro atoms. The Morgan fingerprint density at radius 2 is 2.06 bits per heavy atom. The number of anilines is 1. The van der Waals surface area contributed by atoms with Crippen LogP contribution in [0.15, 0.2) is 0 Å². The summed E-state index contributed by atoms with van der Waals surface area (Å²) >= 11 is 0.659. The average molecular weight is 255 g/mol. The van der Waals surface area contributed by atoms with Gasteiger partial charge in [0, 0.05) is 24.2 Å². The maximum atomic E-state index is 12.2. The van der Waals surface area contributed by atoms with E-state index < -0.39 is 12.0 Å². The Bertz CT molecular complexity index is 342. The van der Waals surface area contributed by atoms with Crippen molar-refractivity contribution in [3.63, 3.8) is 0 Å². The number of aromatic nitrogens is 2. The second kappa shape index (κ2) is 4.96. The molecule has 0 saturated carbocycles. The SMILES string of the molecule is CC(CO)C(C)Nc1nc(C(F)(F)F)ns1. The van der Waals surface area contributed by atoms with Gasteiger partial charge in [-0.25, -0.2) is 0 Å². The molecule has 0 fully saturated rings. The van der Waals surface area contributed by atoms with Gasteiger partial charge >= 0.3 is 6.18 Å². The first-order valence-electron chi connectivity index (χ1n) is 4.63. The number of alkyl halides is 3. The third-order valence-electron chi connectivity index (χ3n) is 2.17. The first kappa shape index (κ1) is 13.2. The van der Waals surface area contributed by atoms with Gasteiger partial charge in [-0.15, -0.1) is 0 Å². The third kappa shape index (κ3) is 3.31. The Balaban J connectivity index is 2.66. The number of aliphatic hydroxyl groups is 1. The minimum atomic E-state index is -4.51. The Kier molecular flexibility index (Phi) is 4.09. The van der Waals surface area contributed by atoms with E-state index in [1.807, 2.05) is 0 Å². The van der Waals surface area contributed by atoms with Gasteiger partial charge in [0.05, 0.1) is 0 Å². The number of aliphatic hydroxyl groups excluding tert-OH is 1. The second-order valence-electron chi connectivity index (χ2n) is 3.51. The number of halogens is 3. The molecule has 0 aliphatic heterocycles. The van der Waals surface area contributed by atoms with Gasteiger partial charge in [0.1, 0.15) is 0 Å². The van der Waals surface area contributed by atoms with Crippen molar-refractivity contribution in [2.24, 2.45) is 5.92 Å². The van der Waals surface area contributed by atoms with Crippen LogP contribution in [0.4, 0.5) is 18.3 Å². The monoisotopic (exact) mass is 255 g/mol. The minimum absolute atomic E-state index is 0.0426. The molecule has 16 heavy (non-hydrogen) atoms. The number of nitrogens with one attached hydrogen (secondary N) is 1. The largest absolute Gasteiger partial charge is 0.452 e. The minimum Gasteiger partial charge on any atom is -0.396 e. The lowest BCUT2D eigenvalue weighted by Gasteiger charge is -2.17. The fraction of sp³-hybridized carbons (Fsp3) is 0.750. The lowest BCUT2D eigenvalue weighted by molar-refractivity contribution is -0.144. The highest BCUT2D eigenvalue weighted by atomic mass is 32.1. The molecule has 1 aromatic rings. The molecular weight excluding hydrogens is 243 g/mol. The maximum Gasteiger partial charge on any atom is 0.452 e. The standard InChI is InChI=1S/C8H12F3N3OS/c1-4(3-15)5(2)12-7-13-6(14-16-7)8(9,10)11/h4-5,15H,3H2,1-2H3,(H,12,13,14). The van der Waals surface area contributed by atoms with Gasteiger partial charge in [0.25, 0.3) is 0 Å². The van der Waals surface area contributed by atoms with Crippen molar-refractivity contribution < 1.29 is 18.3 Å². The van der Waals surface area contributed by atoms with E-state index in [9.17, 15) is 13.2 Å². The van der Waals surface area contributed by atoms with Crippen molar-refractivity contribution in [1.29, 1.82) is 0 Å². The zero-order valence-electron chi connectivity index (χ0n) is 8.75. The predicted molar refractivity (Wildman–Crippen MR) is 54.2 cm³/mol. The number of nitrogens with zero attached hydrogens (tertiary/aromatic N) is 2. The molecule has 0 saturated heterocycles. The Labute approximate surface area is 94.7 Å². The van der Waals surface area contributed by atoms with Crippen LogP contribution in [0, 0.1) is 5.92 Å². The van der Waals surface area contributed by atoms with Crippen LogP contribution in [0.2, 0.25) is 0 Å². The molecule has 1 heterocycles. The highest BCUT2D eigenvalue weighted by molar-refractivity contribution is 7.09. The van der Waals surface area contributed by atoms with Gasteiger partial charge in [-0.05, 0) is 12.8 Å². The van der Waals surface area contributed by atoms with Crippen LogP contribution in [0.3, 0.4) is 0 Å². The molecule has 92 valence electrons. The van der Waals surface area contributed by atoms with Gasteiger partial charge < -0.3 is 10.4 Å². The lowest BCUT2D eigenvalue weighted by Crippen LogP contribution is -2.26. The highest BCUT2D eigenvalue weighted by Crippen LogP contribution is 2.29. The van der Waals surface area contributed by atoms with Crippen molar-refractivity contribution in [2.75, 3.05) is 11.9 Å². The summed E-state index contributed by atoms with van der Waals surface area (Å²) in [4.78, 5) is 3.33. The van der Waals surface area contributed by atoms with E-state index in [-0.39, 0.29) is 23.7 Å². The summed E-state index contributed by atoms with van der Waals surface area (Å²) in [6, 6.07) is -0.168. The summed E-state index contributed by atoms with van der Waals surface area (Å²) in [6.07, 6.45) is -4.51. The number of rotatable bonds is 4. The van der Waals surface area contributed by atoms with Crippen LogP contribution >= 0.6 is 11.5 Å². The van der Waals surface area contributed by atoms with Crippen LogP contribution in [-0.2, 0) is 6.18 Å². The van der Waals surface area contributed by atoms with Crippen molar-refractivity contribution in [3.05, 3.63) is 5.82 Å². The van der Waals surface area contributed by atoms with E-state index in [4.69, 9.17) is 5.11 Å². The molecule has 0 aliphatic carbocycles. The fourth-order valence-electron chi connectivity index (χ4n) is 0.892. The van der Waals surface area contributed by atoms with Gasteiger partial charge in [0.2, 0.25) is 11.0 Å². The Morgan fingerprint density at radius 3 is 2.50 bits per heavy atom. The molecule has 8 heteroatoms. The molecule has 1 rings (SSSR count). The zero-order valence-corrected chi connectivity index (χ0v) is 9.56. The molecule has 0 aromatic carbocycles. The summed E-state index contributed by atoms with van der Waals surface area (Å²) in [7, 11) is 0. The number of hydrogen-bond acceptors (Lipinski definition) is 5. The quantitative estimate of drug-likeness (QED) is 0.863. The average Bonchev–Trinajstić information content (AvgIpc) is 2.64. The molecule has 2 unspecified atom stereocenters. The molecule has 0 aliphatic rings. The topological polar surface area (TPSA) is 58.0 Å². The zero-order chi connectivity index (χ0) is 12.3. The van der Waals surface area contributed by atoms with Gasteiger partial charge in [-0.3, -0.25) is 0 Å². The maximum absolute atomic E-state index is 12.2. The smallest absolute Gasteiger partial charge is 0.396 e. The molecular formula is C8H12F3N3OS. The predicted octanol–water partition coefficient (Wildman–Crippen LogP) is 1.99. The summed E-state index contributed by atoms with van der Waals surface area (Å²) in [5.74, 6) is -1.21. The van der Waals surface area contributed by atoms with E-state index in [0.717, 1.165) is 0 Å². The summed E-state index contributed by atoms with van der Waals surface area (Å²) in [6.45, 7) is 3.50.